The summed E-state index contributed by atoms with van der Waals surface area (Å²) in [6.45, 7) is 5.03. The second-order valence-electron chi connectivity index (χ2n) is 4.16. The van der Waals surface area contributed by atoms with E-state index in [1.165, 1.54) is 5.56 Å². The van der Waals surface area contributed by atoms with Gasteiger partial charge in [-0.1, -0.05) is 30.3 Å². The molecule has 0 unspecified atom stereocenters. The topological polar surface area (TPSA) is 24.5 Å². The molecule has 2 rings (SSSR count). The van der Waals surface area contributed by atoms with E-state index in [0.29, 0.717) is 6.04 Å². The summed E-state index contributed by atoms with van der Waals surface area (Å²) in [6.07, 6.45) is 0. The van der Waals surface area contributed by atoms with Crippen LogP contribution in [0.3, 0.4) is 0 Å². The molecule has 0 aromatic heterocycles. The summed E-state index contributed by atoms with van der Waals surface area (Å²) in [5.41, 5.74) is 1.39. The molecule has 1 saturated heterocycles. The molecule has 1 N–H and O–H groups in total. The Labute approximate surface area is 97.4 Å². The molecule has 1 aliphatic rings. The van der Waals surface area contributed by atoms with Gasteiger partial charge in [-0.2, -0.15) is 0 Å². The lowest BCUT2D eigenvalue weighted by molar-refractivity contribution is 0.104. The van der Waals surface area contributed by atoms with Crippen molar-refractivity contribution in [1.82, 2.24) is 10.2 Å². The molecule has 0 saturated carbocycles. The third-order valence-electron chi connectivity index (χ3n) is 3.12. The fourth-order valence-corrected chi connectivity index (χ4v) is 2.23. The molecule has 0 radical (unpaired) electrons. The number of ether oxygens (including phenoxy) is 1. The zero-order chi connectivity index (χ0) is 11.2. The summed E-state index contributed by atoms with van der Waals surface area (Å²) in [4.78, 5) is 2.50. The molecule has 16 heavy (non-hydrogen) atoms. The van der Waals surface area contributed by atoms with Gasteiger partial charge in [0.2, 0.25) is 0 Å². The maximum absolute atomic E-state index is 5.17. The van der Waals surface area contributed by atoms with Crippen LogP contribution in [0.2, 0.25) is 0 Å². The molecule has 1 aliphatic heterocycles. The molecule has 88 valence electrons. The summed E-state index contributed by atoms with van der Waals surface area (Å²) in [6, 6.07) is 11.2. The van der Waals surface area contributed by atoms with E-state index in [0.717, 1.165) is 32.8 Å². The number of hydrogen-bond donors (Lipinski definition) is 1. The predicted molar refractivity (Wildman–Crippen MR) is 65.5 cm³/mol. The standard InChI is InChI=1S/C13H20N2O/c1-16-10-9-15-8-7-14-11-13(15)12-5-3-2-4-6-12/h2-6,13-14H,7-11H2,1H3/t13-/m0/s1. The quantitative estimate of drug-likeness (QED) is 0.827. The molecular formula is C13H20N2O. The van der Waals surface area contributed by atoms with E-state index in [4.69, 9.17) is 4.74 Å². The monoisotopic (exact) mass is 220 g/mol. The highest BCUT2D eigenvalue weighted by Gasteiger charge is 2.22. The Morgan fingerprint density at radius 1 is 1.38 bits per heavy atom. The minimum Gasteiger partial charge on any atom is -0.383 e. The number of nitrogens with zero attached hydrogens (tertiary/aromatic N) is 1. The molecule has 1 heterocycles. The average Bonchev–Trinajstić information content (AvgIpc) is 2.38. The molecule has 3 nitrogen and oxygen atoms in total. The van der Waals surface area contributed by atoms with Crippen molar-refractivity contribution < 1.29 is 4.74 Å². The Balaban J connectivity index is 2.04. The highest BCUT2D eigenvalue weighted by atomic mass is 16.5. The summed E-state index contributed by atoms with van der Waals surface area (Å²) in [5, 5.41) is 3.46. The van der Waals surface area contributed by atoms with Crippen molar-refractivity contribution in [3.63, 3.8) is 0 Å². The van der Waals surface area contributed by atoms with Gasteiger partial charge in [-0.05, 0) is 5.56 Å². The van der Waals surface area contributed by atoms with Gasteiger partial charge in [0.25, 0.3) is 0 Å². The average molecular weight is 220 g/mol. The first-order valence-corrected chi connectivity index (χ1v) is 5.90. The van der Waals surface area contributed by atoms with Gasteiger partial charge < -0.3 is 10.1 Å². The number of methoxy groups -OCH3 is 1. The number of benzene rings is 1. The molecule has 0 spiro atoms. The zero-order valence-corrected chi connectivity index (χ0v) is 9.86. The van der Waals surface area contributed by atoms with Gasteiger partial charge in [-0.3, -0.25) is 4.90 Å². The van der Waals surface area contributed by atoms with Crippen molar-refractivity contribution >= 4 is 0 Å². The first kappa shape index (κ1) is 11.6. The van der Waals surface area contributed by atoms with E-state index >= 15 is 0 Å². The second-order valence-corrected chi connectivity index (χ2v) is 4.16. The largest absolute Gasteiger partial charge is 0.383 e. The van der Waals surface area contributed by atoms with Gasteiger partial charge >= 0.3 is 0 Å². The highest BCUT2D eigenvalue weighted by Crippen LogP contribution is 2.21. The molecule has 0 aliphatic carbocycles. The predicted octanol–water partition coefficient (Wildman–Crippen LogP) is 1.28. The van der Waals surface area contributed by atoms with Crippen molar-refractivity contribution in [3.8, 4) is 0 Å². The van der Waals surface area contributed by atoms with Crippen molar-refractivity contribution in [3.05, 3.63) is 35.9 Å². The van der Waals surface area contributed by atoms with Gasteiger partial charge in [0.15, 0.2) is 0 Å². The Kier molecular flexibility index (Phi) is 4.34. The maximum Gasteiger partial charge on any atom is 0.0589 e. The van der Waals surface area contributed by atoms with Crippen molar-refractivity contribution in [2.75, 3.05) is 39.9 Å². The van der Waals surface area contributed by atoms with Crippen LogP contribution in [-0.2, 0) is 4.74 Å². The number of piperazine rings is 1. The molecule has 0 bridgehead atoms. The Morgan fingerprint density at radius 2 is 2.19 bits per heavy atom. The minimum absolute atomic E-state index is 0.491. The van der Waals surface area contributed by atoms with Gasteiger partial charge in [0.05, 0.1) is 6.61 Å². The SMILES string of the molecule is COCCN1CCNC[C@H]1c1ccccc1. The van der Waals surface area contributed by atoms with E-state index < -0.39 is 0 Å². The van der Waals surface area contributed by atoms with E-state index in [9.17, 15) is 0 Å². The lowest BCUT2D eigenvalue weighted by Gasteiger charge is -2.36. The van der Waals surface area contributed by atoms with Crippen LogP contribution in [-0.4, -0.2) is 44.8 Å². The van der Waals surface area contributed by atoms with Crippen molar-refractivity contribution in [2.24, 2.45) is 0 Å². The molecule has 0 amide bonds. The lowest BCUT2D eigenvalue weighted by Crippen LogP contribution is -2.47. The molecule has 1 fully saturated rings. The Morgan fingerprint density at radius 3 is 2.94 bits per heavy atom. The van der Waals surface area contributed by atoms with E-state index in [1.54, 1.807) is 7.11 Å². The van der Waals surface area contributed by atoms with Gasteiger partial charge in [-0.15, -0.1) is 0 Å². The van der Waals surface area contributed by atoms with Crippen molar-refractivity contribution in [1.29, 1.82) is 0 Å². The van der Waals surface area contributed by atoms with Crippen molar-refractivity contribution in [2.45, 2.75) is 6.04 Å². The summed E-state index contributed by atoms with van der Waals surface area (Å²) in [7, 11) is 1.76. The summed E-state index contributed by atoms with van der Waals surface area (Å²) < 4.78 is 5.17. The van der Waals surface area contributed by atoms with Gasteiger partial charge in [0, 0.05) is 39.3 Å². The number of hydrogen-bond acceptors (Lipinski definition) is 3. The normalized spacial score (nSPS) is 22.2. The fraction of sp³-hybridized carbons (Fsp3) is 0.538. The number of nitrogens with one attached hydrogen (secondary N) is 1. The summed E-state index contributed by atoms with van der Waals surface area (Å²) >= 11 is 0. The van der Waals surface area contributed by atoms with Gasteiger partial charge in [0.1, 0.15) is 0 Å². The smallest absolute Gasteiger partial charge is 0.0589 e. The lowest BCUT2D eigenvalue weighted by atomic mass is 10.0. The van der Waals surface area contributed by atoms with E-state index in [-0.39, 0.29) is 0 Å². The Bertz CT molecular complexity index is 302. The molecule has 1 aromatic rings. The molecule has 1 atom stereocenters. The maximum atomic E-state index is 5.17. The number of rotatable bonds is 4. The van der Waals surface area contributed by atoms with Crippen LogP contribution in [0, 0.1) is 0 Å². The zero-order valence-electron chi connectivity index (χ0n) is 9.86. The second kappa shape index (κ2) is 5.99. The van der Waals surface area contributed by atoms with Crippen LogP contribution in [0.25, 0.3) is 0 Å². The summed E-state index contributed by atoms with van der Waals surface area (Å²) in [5.74, 6) is 0. The highest BCUT2D eigenvalue weighted by molar-refractivity contribution is 5.20. The van der Waals surface area contributed by atoms with Crippen LogP contribution < -0.4 is 5.32 Å². The van der Waals surface area contributed by atoms with Gasteiger partial charge in [-0.25, -0.2) is 0 Å². The molecule has 1 aromatic carbocycles. The van der Waals surface area contributed by atoms with E-state index in [2.05, 4.69) is 40.5 Å². The van der Waals surface area contributed by atoms with Crippen LogP contribution in [0.15, 0.2) is 30.3 Å². The minimum atomic E-state index is 0.491. The van der Waals surface area contributed by atoms with Crippen LogP contribution in [0.5, 0.6) is 0 Å². The molecule has 3 heteroatoms. The molecular weight excluding hydrogens is 200 g/mol. The van der Waals surface area contributed by atoms with Crippen LogP contribution in [0.1, 0.15) is 11.6 Å². The van der Waals surface area contributed by atoms with E-state index in [1.807, 2.05) is 0 Å². The Hall–Kier alpha value is -0.900. The third kappa shape index (κ3) is 2.82. The van der Waals surface area contributed by atoms with Crippen LogP contribution >= 0.6 is 0 Å². The van der Waals surface area contributed by atoms with Crippen LogP contribution in [0.4, 0.5) is 0 Å². The first-order valence-electron chi connectivity index (χ1n) is 5.90. The fourth-order valence-electron chi connectivity index (χ4n) is 2.23. The first-order chi connectivity index (χ1) is 7.92. The third-order valence-corrected chi connectivity index (χ3v) is 3.12.